The van der Waals surface area contributed by atoms with Crippen molar-refractivity contribution in [3.63, 3.8) is 0 Å². The van der Waals surface area contributed by atoms with E-state index in [4.69, 9.17) is 17.3 Å². The third kappa shape index (κ3) is 7.25. The fraction of sp³-hybridized carbons (Fsp3) is 0.647. The third-order valence-electron chi connectivity index (χ3n) is 3.67. The Kier molecular flexibility index (Phi) is 8.88. The molecular formula is C17H27ClFN. The minimum absolute atomic E-state index is 0.0265. The third-order valence-corrected chi connectivity index (χ3v) is 3.90. The molecule has 0 aliphatic carbocycles. The minimum Gasteiger partial charge on any atom is -0.327 e. The van der Waals surface area contributed by atoms with Crippen LogP contribution in [0.15, 0.2) is 18.2 Å². The SMILES string of the molecule is CCCCCCCCCC(N)Cc1cc(Cl)ccc1F. The van der Waals surface area contributed by atoms with Crippen LogP contribution in [0, 0.1) is 5.82 Å². The smallest absolute Gasteiger partial charge is 0.126 e. The second-order valence-electron chi connectivity index (χ2n) is 5.61. The van der Waals surface area contributed by atoms with E-state index in [-0.39, 0.29) is 11.9 Å². The van der Waals surface area contributed by atoms with Gasteiger partial charge in [0.05, 0.1) is 0 Å². The highest BCUT2D eigenvalue weighted by Gasteiger charge is 2.08. The predicted octanol–water partition coefficient (Wildman–Crippen LogP) is 5.49. The van der Waals surface area contributed by atoms with E-state index in [1.54, 1.807) is 12.1 Å². The van der Waals surface area contributed by atoms with Gasteiger partial charge in [-0.2, -0.15) is 0 Å². The molecule has 0 saturated carbocycles. The molecule has 3 heteroatoms. The van der Waals surface area contributed by atoms with Crippen LogP contribution in [0.2, 0.25) is 5.02 Å². The van der Waals surface area contributed by atoms with E-state index in [1.165, 1.54) is 44.6 Å². The Bertz CT molecular complexity index is 381. The van der Waals surface area contributed by atoms with Crippen molar-refractivity contribution in [3.05, 3.63) is 34.6 Å². The van der Waals surface area contributed by atoms with Crippen LogP contribution in [0.1, 0.15) is 63.9 Å². The van der Waals surface area contributed by atoms with Crippen molar-refractivity contribution in [2.24, 2.45) is 5.73 Å². The molecule has 1 rings (SSSR count). The van der Waals surface area contributed by atoms with Gasteiger partial charge in [0.15, 0.2) is 0 Å². The lowest BCUT2D eigenvalue weighted by molar-refractivity contribution is 0.518. The summed E-state index contributed by atoms with van der Waals surface area (Å²) in [6.45, 7) is 2.23. The van der Waals surface area contributed by atoms with Gasteiger partial charge >= 0.3 is 0 Å². The first-order valence-electron chi connectivity index (χ1n) is 7.83. The quantitative estimate of drug-likeness (QED) is 0.568. The zero-order valence-corrected chi connectivity index (χ0v) is 13.3. The van der Waals surface area contributed by atoms with E-state index in [0.29, 0.717) is 17.0 Å². The molecular weight excluding hydrogens is 273 g/mol. The van der Waals surface area contributed by atoms with Crippen molar-refractivity contribution in [1.29, 1.82) is 0 Å². The molecule has 0 spiro atoms. The van der Waals surface area contributed by atoms with Crippen LogP contribution in [-0.4, -0.2) is 6.04 Å². The van der Waals surface area contributed by atoms with Crippen LogP contribution in [0.5, 0.6) is 0 Å². The summed E-state index contributed by atoms with van der Waals surface area (Å²) in [6, 6.07) is 4.69. The van der Waals surface area contributed by atoms with Crippen LogP contribution >= 0.6 is 11.6 Å². The van der Waals surface area contributed by atoms with E-state index in [0.717, 1.165) is 12.8 Å². The second-order valence-corrected chi connectivity index (χ2v) is 6.05. The van der Waals surface area contributed by atoms with Crippen LogP contribution in [0.25, 0.3) is 0 Å². The molecule has 0 saturated heterocycles. The number of halogens is 2. The molecule has 0 radical (unpaired) electrons. The summed E-state index contributed by atoms with van der Waals surface area (Å²) in [5.74, 6) is -0.204. The van der Waals surface area contributed by atoms with Gasteiger partial charge in [-0.1, -0.05) is 63.5 Å². The van der Waals surface area contributed by atoms with Gasteiger partial charge in [0.25, 0.3) is 0 Å². The fourth-order valence-corrected chi connectivity index (χ4v) is 2.64. The highest BCUT2D eigenvalue weighted by molar-refractivity contribution is 6.30. The van der Waals surface area contributed by atoms with Crippen LogP contribution < -0.4 is 5.73 Å². The lowest BCUT2D eigenvalue weighted by Crippen LogP contribution is -2.23. The summed E-state index contributed by atoms with van der Waals surface area (Å²) in [7, 11) is 0. The zero-order valence-electron chi connectivity index (χ0n) is 12.5. The Hall–Kier alpha value is -0.600. The molecule has 1 atom stereocenters. The molecule has 1 aromatic rings. The molecule has 0 heterocycles. The average Bonchev–Trinajstić information content (AvgIpc) is 2.42. The summed E-state index contributed by atoms with van der Waals surface area (Å²) < 4.78 is 13.6. The Labute approximate surface area is 127 Å². The Morgan fingerprint density at radius 3 is 2.45 bits per heavy atom. The molecule has 0 aromatic heterocycles. The molecule has 1 nitrogen and oxygen atoms in total. The monoisotopic (exact) mass is 299 g/mol. The number of nitrogens with two attached hydrogens (primary N) is 1. The lowest BCUT2D eigenvalue weighted by Gasteiger charge is -2.12. The Balaban J connectivity index is 2.17. The van der Waals surface area contributed by atoms with Crippen LogP contribution in [0.3, 0.4) is 0 Å². The maximum Gasteiger partial charge on any atom is 0.126 e. The summed E-state index contributed by atoms with van der Waals surface area (Å²) in [5, 5.41) is 0.574. The molecule has 2 N–H and O–H groups in total. The van der Waals surface area contributed by atoms with Gasteiger partial charge in [0.1, 0.15) is 5.82 Å². The van der Waals surface area contributed by atoms with E-state index < -0.39 is 0 Å². The summed E-state index contributed by atoms with van der Waals surface area (Å²) in [4.78, 5) is 0. The van der Waals surface area contributed by atoms with Gasteiger partial charge in [-0.05, 0) is 36.6 Å². The zero-order chi connectivity index (χ0) is 14.8. The van der Waals surface area contributed by atoms with Crippen molar-refractivity contribution in [2.75, 3.05) is 0 Å². The predicted molar refractivity (Wildman–Crippen MR) is 85.7 cm³/mol. The van der Waals surface area contributed by atoms with E-state index in [9.17, 15) is 4.39 Å². The molecule has 1 unspecified atom stereocenters. The van der Waals surface area contributed by atoms with Crippen LogP contribution in [-0.2, 0) is 6.42 Å². The molecule has 0 fully saturated rings. The largest absolute Gasteiger partial charge is 0.327 e. The van der Waals surface area contributed by atoms with Crippen molar-refractivity contribution in [1.82, 2.24) is 0 Å². The first kappa shape index (κ1) is 17.5. The normalized spacial score (nSPS) is 12.6. The summed E-state index contributed by atoms with van der Waals surface area (Å²) >= 11 is 5.88. The number of rotatable bonds is 10. The maximum atomic E-state index is 13.6. The summed E-state index contributed by atoms with van der Waals surface area (Å²) in [5.41, 5.74) is 6.71. The maximum absolute atomic E-state index is 13.6. The Morgan fingerprint density at radius 2 is 1.75 bits per heavy atom. The first-order chi connectivity index (χ1) is 9.63. The van der Waals surface area contributed by atoms with Crippen molar-refractivity contribution >= 4 is 11.6 Å². The van der Waals surface area contributed by atoms with Gasteiger partial charge in [0.2, 0.25) is 0 Å². The Morgan fingerprint density at radius 1 is 1.10 bits per heavy atom. The van der Waals surface area contributed by atoms with E-state index >= 15 is 0 Å². The van der Waals surface area contributed by atoms with Crippen molar-refractivity contribution < 1.29 is 4.39 Å². The van der Waals surface area contributed by atoms with Gasteiger partial charge in [-0.25, -0.2) is 4.39 Å². The van der Waals surface area contributed by atoms with Crippen molar-refractivity contribution in [3.8, 4) is 0 Å². The molecule has 0 bridgehead atoms. The number of unbranched alkanes of at least 4 members (excludes halogenated alkanes) is 6. The van der Waals surface area contributed by atoms with Gasteiger partial charge in [-0.15, -0.1) is 0 Å². The van der Waals surface area contributed by atoms with Crippen molar-refractivity contribution in [2.45, 2.75) is 70.8 Å². The molecule has 0 aliphatic heterocycles. The van der Waals surface area contributed by atoms with Gasteiger partial charge < -0.3 is 5.73 Å². The van der Waals surface area contributed by atoms with Gasteiger partial charge in [-0.3, -0.25) is 0 Å². The number of benzene rings is 1. The number of hydrogen-bond acceptors (Lipinski definition) is 1. The van der Waals surface area contributed by atoms with Gasteiger partial charge in [0, 0.05) is 11.1 Å². The highest BCUT2D eigenvalue weighted by atomic mass is 35.5. The first-order valence-corrected chi connectivity index (χ1v) is 8.20. The van der Waals surface area contributed by atoms with E-state index in [1.807, 2.05) is 0 Å². The average molecular weight is 300 g/mol. The molecule has 20 heavy (non-hydrogen) atoms. The summed E-state index contributed by atoms with van der Waals surface area (Å²) in [6.07, 6.45) is 10.5. The van der Waals surface area contributed by atoms with E-state index in [2.05, 4.69) is 6.92 Å². The molecule has 114 valence electrons. The lowest BCUT2D eigenvalue weighted by atomic mass is 10.00. The highest BCUT2D eigenvalue weighted by Crippen LogP contribution is 2.17. The molecule has 0 amide bonds. The van der Waals surface area contributed by atoms with Crippen LogP contribution in [0.4, 0.5) is 4.39 Å². The second kappa shape index (κ2) is 10.2. The number of hydrogen-bond donors (Lipinski definition) is 1. The molecule has 1 aromatic carbocycles. The minimum atomic E-state index is -0.204. The standard InChI is InChI=1S/C17H27ClFN/c1-2-3-4-5-6-7-8-9-16(20)13-14-12-15(18)10-11-17(14)19/h10-12,16H,2-9,13,20H2,1H3. The molecule has 0 aliphatic rings. The topological polar surface area (TPSA) is 26.0 Å². The fourth-order valence-electron chi connectivity index (χ4n) is 2.45.